The summed E-state index contributed by atoms with van der Waals surface area (Å²) in [5, 5.41) is 4.49. The van der Waals surface area contributed by atoms with E-state index in [0.29, 0.717) is 6.54 Å². The molecule has 0 amide bonds. The van der Waals surface area contributed by atoms with Crippen molar-refractivity contribution in [3.8, 4) is 11.4 Å². The summed E-state index contributed by atoms with van der Waals surface area (Å²) in [4.78, 5) is 9.26. The van der Waals surface area contributed by atoms with Crippen LogP contribution < -0.4 is 10.1 Å². The number of ether oxygens (including phenoxy) is 1. The summed E-state index contributed by atoms with van der Waals surface area (Å²) < 4.78 is 7.39. The van der Waals surface area contributed by atoms with Gasteiger partial charge in [0.2, 0.25) is 0 Å². The summed E-state index contributed by atoms with van der Waals surface area (Å²) in [6, 6.07) is 16.5. The number of rotatable bonds is 8. The van der Waals surface area contributed by atoms with E-state index in [1.165, 1.54) is 5.56 Å². The van der Waals surface area contributed by atoms with E-state index in [1.54, 1.807) is 19.5 Å². The average molecular weight is 437 g/mol. The second kappa shape index (κ2) is 10.0. The Kier molecular flexibility index (Phi) is 6.69. The summed E-state index contributed by atoms with van der Waals surface area (Å²) in [6.07, 6.45) is 11.6. The molecule has 0 spiro atoms. The van der Waals surface area contributed by atoms with E-state index < -0.39 is 0 Å². The van der Waals surface area contributed by atoms with E-state index in [2.05, 4.69) is 76.0 Å². The van der Waals surface area contributed by atoms with Crippen molar-refractivity contribution < 1.29 is 4.74 Å². The van der Waals surface area contributed by atoms with Gasteiger partial charge in [0, 0.05) is 24.0 Å². The van der Waals surface area contributed by atoms with Gasteiger partial charge in [0.15, 0.2) is 5.65 Å². The Bertz CT molecular complexity index is 1310. The molecule has 2 aromatic carbocycles. The molecule has 0 saturated carbocycles. The second-order valence-corrected chi connectivity index (χ2v) is 7.71. The molecule has 0 aliphatic rings. The van der Waals surface area contributed by atoms with Gasteiger partial charge in [0.1, 0.15) is 17.9 Å². The fourth-order valence-electron chi connectivity index (χ4n) is 3.76. The first-order valence-electron chi connectivity index (χ1n) is 10.9. The van der Waals surface area contributed by atoms with Crippen LogP contribution in [0.25, 0.3) is 22.3 Å². The molecular formula is C28H28N4O. The number of fused-ring (bicyclic) bond motifs is 1. The van der Waals surface area contributed by atoms with Gasteiger partial charge in [-0.15, -0.1) is 0 Å². The van der Waals surface area contributed by atoms with Crippen LogP contribution in [0, 0.1) is 6.92 Å². The fraction of sp³-hybridized carbons (Fsp3) is 0.143. The molecule has 1 N–H and O–H groups in total. The SMILES string of the molecule is C=C/C=C\C(=C/C)c1cn(-c2ccc(C)cc2)c2ncnc(NCc3ccc(OC)cc3)c12. The second-order valence-electron chi connectivity index (χ2n) is 7.71. The molecule has 5 nitrogen and oxygen atoms in total. The van der Waals surface area contributed by atoms with Crippen LogP contribution in [0.5, 0.6) is 5.75 Å². The average Bonchev–Trinajstić information content (AvgIpc) is 3.24. The fourth-order valence-corrected chi connectivity index (χ4v) is 3.76. The number of hydrogen-bond acceptors (Lipinski definition) is 4. The van der Waals surface area contributed by atoms with E-state index in [-0.39, 0.29) is 0 Å². The molecule has 0 aliphatic carbocycles. The maximum atomic E-state index is 5.26. The summed E-state index contributed by atoms with van der Waals surface area (Å²) in [5.74, 6) is 1.63. The highest BCUT2D eigenvalue weighted by molar-refractivity contribution is 6.00. The number of benzene rings is 2. The van der Waals surface area contributed by atoms with Crippen LogP contribution in [0.3, 0.4) is 0 Å². The predicted octanol–water partition coefficient (Wildman–Crippen LogP) is 6.50. The van der Waals surface area contributed by atoms with Gasteiger partial charge in [-0.05, 0) is 49.2 Å². The Hall–Kier alpha value is -4.12. The lowest BCUT2D eigenvalue weighted by Crippen LogP contribution is -2.03. The molecular weight excluding hydrogens is 408 g/mol. The molecule has 0 radical (unpaired) electrons. The van der Waals surface area contributed by atoms with Gasteiger partial charge in [-0.25, -0.2) is 9.97 Å². The van der Waals surface area contributed by atoms with Gasteiger partial charge in [-0.1, -0.05) is 60.7 Å². The third kappa shape index (κ3) is 4.72. The van der Waals surface area contributed by atoms with Crippen LogP contribution in [-0.4, -0.2) is 21.6 Å². The molecule has 0 unspecified atom stereocenters. The molecule has 0 fully saturated rings. The lowest BCUT2D eigenvalue weighted by atomic mass is 10.1. The molecule has 5 heteroatoms. The van der Waals surface area contributed by atoms with Gasteiger partial charge in [-0.2, -0.15) is 0 Å². The number of hydrogen-bond donors (Lipinski definition) is 1. The van der Waals surface area contributed by atoms with Crippen LogP contribution in [0.2, 0.25) is 0 Å². The molecule has 0 aliphatic heterocycles. The summed E-state index contributed by atoms with van der Waals surface area (Å²) >= 11 is 0. The lowest BCUT2D eigenvalue weighted by molar-refractivity contribution is 0.414. The number of aromatic nitrogens is 3. The highest BCUT2D eigenvalue weighted by Gasteiger charge is 2.17. The van der Waals surface area contributed by atoms with Crippen LogP contribution in [0.1, 0.15) is 23.6 Å². The van der Waals surface area contributed by atoms with Crippen molar-refractivity contribution in [2.75, 3.05) is 12.4 Å². The monoisotopic (exact) mass is 436 g/mol. The molecule has 2 aromatic heterocycles. The quantitative estimate of drug-likeness (QED) is 0.321. The zero-order valence-electron chi connectivity index (χ0n) is 19.2. The molecule has 4 aromatic rings. The number of nitrogens with one attached hydrogen (secondary N) is 1. The number of anilines is 1. The van der Waals surface area contributed by atoms with Crippen LogP contribution in [0.4, 0.5) is 5.82 Å². The van der Waals surface area contributed by atoms with Gasteiger partial charge >= 0.3 is 0 Å². The first-order valence-corrected chi connectivity index (χ1v) is 10.9. The van der Waals surface area contributed by atoms with Gasteiger partial charge in [0.25, 0.3) is 0 Å². The zero-order chi connectivity index (χ0) is 23.2. The molecule has 2 heterocycles. The number of allylic oxidation sites excluding steroid dienone is 5. The number of aryl methyl sites for hydroxylation is 1. The molecule has 33 heavy (non-hydrogen) atoms. The minimum Gasteiger partial charge on any atom is -0.497 e. The molecule has 0 atom stereocenters. The Labute approximate surface area is 194 Å². The van der Waals surface area contributed by atoms with Gasteiger partial charge in [0.05, 0.1) is 12.5 Å². The topological polar surface area (TPSA) is 52.0 Å². The van der Waals surface area contributed by atoms with Crippen LogP contribution >= 0.6 is 0 Å². The molecule has 166 valence electrons. The van der Waals surface area contributed by atoms with Crippen molar-refractivity contribution >= 4 is 22.4 Å². The molecule has 0 bridgehead atoms. The van der Waals surface area contributed by atoms with Crippen molar-refractivity contribution in [2.24, 2.45) is 0 Å². The van der Waals surface area contributed by atoms with Crippen molar-refractivity contribution in [2.45, 2.75) is 20.4 Å². The third-order valence-corrected chi connectivity index (χ3v) is 5.55. The van der Waals surface area contributed by atoms with E-state index in [4.69, 9.17) is 4.74 Å². The largest absolute Gasteiger partial charge is 0.497 e. The van der Waals surface area contributed by atoms with Gasteiger partial charge in [-0.3, -0.25) is 0 Å². The smallest absolute Gasteiger partial charge is 0.150 e. The van der Waals surface area contributed by atoms with Gasteiger partial charge < -0.3 is 14.6 Å². The minimum atomic E-state index is 0.638. The highest BCUT2D eigenvalue weighted by Crippen LogP contribution is 2.33. The summed E-state index contributed by atoms with van der Waals surface area (Å²) in [6.45, 7) is 8.57. The lowest BCUT2D eigenvalue weighted by Gasteiger charge is -2.10. The maximum absolute atomic E-state index is 5.26. The van der Waals surface area contributed by atoms with Crippen LogP contribution in [-0.2, 0) is 6.54 Å². The van der Waals surface area contributed by atoms with Crippen molar-refractivity contribution in [3.05, 3.63) is 109 Å². The first-order chi connectivity index (χ1) is 16.1. The first kappa shape index (κ1) is 22.1. The highest BCUT2D eigenvalue weighted by atomic mass is 16.5. The van der Waals surface area contributed by atoms with E-state index in [9.17, 15) is 0 Å². The third-order valence-electron chi connectivity index (χ3n) is 5.55. The molecule has 0 saturated heterocycles. The van der Waals surface area contributed by atoms with Crippen molar-refractivity contribution in [1.82, 2.24) is 14.5 Å². The maximum Gasteiger partial charge on any atom is 0.150 e. The minimum absolute atomic E-state index is 0.638. The normalized spacial score (nSPS) is 11.8. The Morgan fingerprint density at radius 3 is 2.52 bits per heavy atom. The van der Waals surface area contributed by atoms with Crippen molar-refractivity contribution in [1.29, 1.82) is 0 Å². The summed E-state index contributed by atoms with van der Waals surface area (Å²) in [5.41, 5.74) is 6.40. The number of methoxy groups -OCH3 is 1. The van der Waals surface area contributed by atoms with Crippen molar-refractivity contribution in [3.63, 3.8) is 0 Å². The number of nitrogens with zero attached hydrogens (tertiary/aromatic N) is 3. The summed E-state index contributed by atoms with van der Waals surface area (Å²) in [7, 11) is 1.67. The Morgan fingerprint density at radius 1 is 1.09 bits per heavy atom. The predicted molar refractivity (Wildman–Crippen MR) is 137 cm³/mol. The standard InChI is InChI=1S/C28H28N4O/c1-5-7-8-22(6-2)25-18-32(23-13-9-20(3)10-14-23)28-26(25)27(30-19-31-28)29-17-21-11-15-24(33-4)16-12-21/h5-16,18-19H,1,17H2,2-4H3,(H,29,30,31)/b8-7-,22-6+. The molecule has 4 rings (SSSR count). The Balaban J connectivity index is 1.82. The van der Waals surface area contributed by atoms with E-state index >= 15 is 0 Å². The van der Waals surface area contributed by atoms with E-state index in [0.717, 1.165) is 45.0 Å². The Morgan fingerprint density at radius 2 is 1.85 bits per heavy atom. The van der Waals surface area contributed by atoms with E-state index in [1.807, 2.05) is 37.3 Å². The van der Waals surface area contributed by atoms with Crippen LogP contribution in [0.15, 0.2) is 91.9 Å². The zero-order valence-corrected chi connectivity index (χ0v) is 19.2.